The van der Waals surface area contributed by atoms with Gasteiger partial charge in [0.05, 0.1) is 11.1 Å². The number of carbonyl (C=O) groups excluding carboxylic acids is 5. The van der Waals surface area contributed by atoms with Crippen molar-refractivity contribution in [3.05, 3.63) is 64.7 Å². The highest BCUT2D eigenvalue weighted by molar-refractivity contribution is 6.22. The van der Waals surface area contributed by atoms with Crippen LogP contribution in [0, 0.1) is 0 Å². The maximum absolute atomic E-state index is 12.9. The number of carbonyl (C=O) groups is 5. The van der Waals surface area contributed by atoms with E-state index in [-0.39, 0.29) is 35.2 Å². The first kappa shape index (κ1) is 25.1. The van der Waals surface area contributed by atoms with E-state index in [1.165, 1.54) is 24.0 Å². The van der Waals surface area contributed by atoms with Gasteiger partial charge in [0.15, 0.2) is 0 Å². The molecule has 1 aliphatic carbocycles. The Morgan fingerprint density at radius 2 is 1.50 bits per heavy atom. The number of hydrogen-bond acceptors (Lipinski definition) is 6. The summed E-state index contributed by atoms with van der Waals surface area (Å²) in [6, 6.07) is 10.8. The Labute approximate surface area is 209 Å². The average molecular weight is 492 g/mol. The summed E-state index contributed by atoms with van der Waals surface area (Å²) in [7, 11) is 0. The van der Waals surface area contributed by atoms with Crippen LogP contribution in [0.3, 0.4) is 0 Å². The minimum absolute atomic E-state index is 0.0669. The molecule has 9 heteroatoms. The molecule has 0 bridgehead atoms. The zero-order chi connectivity index (χ0) is 25.7. The highest BCUT2D eigenvalue weighted by Gasteiger charge is 2.40. The number of esters is 1. The van der Waals surface area contributed by atoms with Crippen molar-refractivity contribution in [2.75, 3.05) is 13.1 Å². The number of benzene rings is 2. The van der Waals surface area contributed by atoms with Crippen LogP contribution in [0.5, 0.6) is 5.75 Å². The number of rotatable bonds is 8. The number of imide groups is 1. The topological polar surface area (TPSA) is 122 Å². The van der Waals surface area contributed by atoms with Crippen molar-refractivity contribution in [1.29, 1.82) is 0 Å². The molecule has 1 saturated carbocycles. The number of amides is 4. The third-order valence-electron chi connectivity index (χ3n) is 6.40. The molecule has 2 N–H and O–H groups in total. The minimum Gasteiger partial charge on any atom is -0.427 e. The predicted octanol–water partition coefficient (Wildman–Crippen LogP) is 3.09. The number of nitrogens with zero attached hydrogens (tertiary/aromatic N) is 1. The molecule has 1 aliphatic heterocycles. The first-order valence-electron chi connectivity index (χ1n) is 12.2. The second-order valence-corrected chi connectivity index (χ2v) is 9.02. The average Bonchev–Trinajstić information content (AvgIpc) is 3.13. The Hall–Kier alpha value is -4.01. The maximum atomic E-state index is 12.9. The van der Waals surface area contributed by atoms with Crippen molar-refractivity contribution in [2.24, 2.45) is 0 Å². The van der Waals surface area contributed by atoms with Crippen molar-refractivity contribution in [2.45, 2.75) is 51.5 Å². The summed E-state index contributed by atoms with van der Waals surface area (Å²) in [5, 5.41) is 5.53. The summed E-state index contributed by atoms with van der Waals surface area (Å²) in [5.74, 6) is -1.45. The number of nitrogens with one attached hydrogen (secondary N) is 2. The molecule has 2 aliphatic rings. The van der Waals surface area contributed by atoms with Gasteiger partial charge in [0.25, 0.3) is 23.6 Å². The van der Waals surface area contributed by atoms with Crippen LogP contribution in [0.2, 0.25) is 0 Å². The first-order chi connectivity index (χ1) is 17.3. The Morgan fingerprint density at radius 3 is 2.17 bits per heavy atom. The van der Waals surface area contributed by atoms with Crippen LogP contribution >= 0.6 is 0 Å². The van der Waals surface area contributed by atoms with Crippen LogP contribution in [0.4, 0.5) is 0 Å². The van der Waals surface area contributed by atoms with E-state index in [0.29, 0.717) is 42.0 Å². The van der Waals surface area contributed by atoms with Crippen molar-refractivity contribution < 1.29 is 28.7 Å². The van der Waals surface area contributed by atoms with Gasteiger partial charge >= 0.3 is 5.97 Å². The molecule has 188 valence electrons. The summed E-state index contributed by atoms with van der Waals surface area (Å²) in [6.07, 6.45) is 5.27. The SMILES string of the molecule is CC(=O)Oc1cccc(C(=O)NCCCNC(=O)c2ccc3c(c2)C(=O)N(C2CCCCC2)C3=O)c1. The Bertz CT molecular complexity index is 1200. The molecule has 1 fully saturated rings. The lowest BCUT2D eigenvalue weighted by molar-refractivity contribution is -0.131. The van der Waals surface area contributed by atoms with E-state index in [1.807, 2.05) is 0 Å². The van der Waals surface area contributed by atoms with E-state index < -0.39 is 5.97 Å². The minimum atomic E-state index is -0.468. The van der Waals surface area contributed by atoms with Crippen LogP contribution in [-0.4, -0.2) is 53.6 Å². The monoisotopic (exact) mass is 491 g/mol. The van der Waals surface area contributed by atoms with Gasteiger partial charge in [-0.15, -0.1) is 0 Å². The summed E-state index contributed by atoms with van der Waals surface area (Å²) in [6.45, 7) is 1.92. The smallest absolute Gasteiger partial charge is 0.308 e. The molecular formula is C27H29N3O6. The third kappa shape index (κ3) is 5.62. The van der Waals surface area contributed by atoms with Crippen molar-refractivity contribution in [3.63, 3.8) is 0 Å². The standard InChI is InChI=1S/C27H29N3O6/c1-17(31)36-21-10-5-7-18(15-21)24(32)28-13-6-14-29-25(33)19-11-12-22-23(16-19)27(35)30(26(22)34)20-8-3-2-4-9-20/h5,7,10-12,15-16,20H,2-4,6,8-9,13-14H2,1H3,(H,28,32)(H,29,33). The number of ether oxygens (including phenoxy) is 1. The molecule has 9 nitrogen and oxygen atoms in total. The predicted molar refractivity (Wildman–Crippen MR) is 131 cm³/mol. The summed E-state index contributed by atoms with van der Waals surface area (Å²) in [5.41, 5.74) is 1.30. The quantitative estimate of drug-likeness (QED) is 0.253. The van der Waals surface area contributed by atoms with Gasteiger partial charge in [0.1, 0.15) is 5.75 Å². The zero-order valence-electron chi connectivity index (χ0n) is 20.2. The molecule has 0 spiro atoms. The van der Waals surface area contributed by atoms with Gasteiger partial charge in [-0.1, -0.05) is 25.3 Å². The maximum Gasteiger partial charge on any atom is 0.308 e. The van der Waals surface area contributed by atoms with Crippen LogP contribution in [0.1, 0.15) is 86.9 Å². The highest BCUT2D eigenvalue weighted by Crippen LogP contribution is 2.31. The molecule has 0 saturated heterocycles. The van der Waals surface area contributed by atoms with E-state index in [9.17, 15) is 24.0 Å². The molecule has 36 heavy (non-hydrogen) atoms. The Balaban J connectivity index is 1.26. The summed E-state index contributed by atoms with van der Waals surface area (Å²) < 4.78 is 4.98. The molecule has 2 aromatic rings. The molecular weight excluding hydrogens is 462 g/mol. The van der Waals surface area contributed by atoms with Gasteiger partial charge in [0.2, 0.25) is 0 Å². The van der Waals surface area contributed by atoms with Gasteiger partial charge < -0.3 is 15.4 Å². The van der Waals surface area contributed by atoms with Crippen LogP contribution in [0.15, 0.2) is 42.5 Å². The van der Waals surface area contributed by atoms with E-state index >= 15 is 0 Å². The molecule has 4 amide bonds. The van der Waals surface area contributed by atoms with Crippen LogP contribution in [-0.2, 0) is 4.79 Å². The highest BCUT2D eigenvalue weighted by atomic mass is 16.5. The zero-order valence-corrected chi connectivity index (χ0v) is 20.2. The van der Waals surface area contributed by atoms with E-state index in [2.05, 4.69) is 10.6 Å². The normalized spacial score (nSPS) is 15.4. The van der Waals surface area contributed by atoms with Gasteiger partial charge in [-0.3, -0.25) is 28.9 Å². The molecule has 2 aromatic carbocycles. The largest absolute Gasteiger partial charge is 0.427 e. The second kappa shape index (κ2) is 11.2. The fourth-order valence-corrected chi connectivity index (χ4v) is 4.63. The fraction of sp³-hybridized carbons (Fsp3) is 0.370. The number of fused-ring (bicyclic) bond motifs is 1. The van der Waals surface area contributed by atoms with E-state index in [0.717, 1.165) is 32.1 Å². The number of hydrogen-bond donors (Lipinski definition) is 2. The van der Waals surface area contributed by atoms with Gasteiger partial charge in [-0.05, 0) is 55.7 Å². The fourth-order valence-electron chi connectivity index (χ4n) is 4.63. The first-order valence-corrected chi connectivity index (χ1v) is 12.2. The lowest BCUT2D eigenvalue weighted by atomic mass is 9.94. The molecule has 1 heterocycles. The Morgan fingerprint density at radius 1 is 0.861 bits per heavy atom. The molecule has 0 aromatic heterocycles. The van der Waals surface area contributed by atoms with Crippen LogP contribution < -0.4 is 15.4 Å². The lowest BCUT2D eigenvalue weighted by Crippen LogP contribution is -2.40. The van der Waals surface area contributed by atoms with Crippen LogP contribution in [0.25, 0.3) is 0 Å². The van der Waals surface area contributed by atoms with Crippen molar-refractivity contribution in [3.8, 4) is 5.75 Å². The summed E-state index contributed by atoms with van der Waals surface area (Å²) in [4.78, 5) is 63.1. The second-order valence-electron chi connectivity index (χ2n) is 9.02. The summed E-state index contributed by atoms with van der Waals surface area (Å²) >= 11 is 0. The van der Waals surface area contributed by atoms with E-state index in [4.69, 9.17) is 4.74 Å². The van der Waals surface area contributed by atoms with Gasteiger partial charge in [0, 0.05) is 37.2 Å². The Kier molecular flexibility index (Phi) is 7.77. The molecule has 0 radical (unpaired) electrons. The van der Waals surface area contributed by atoms with Crippen molar-refractivity contribution in [1.82, 2.24) is 15.5 Å². The van der Waals surface area contributed by atoms with Gasteiger partial charge in [-0.2, -0.15) is 0 Å². The molecule has 0 unspecified atom stereocenters. The lowest BCUT2D eigenvalue weighted by Gasteiger charge is -2.29. The molecule has 0 atom stereocenters. The van der Waals surface area contributed by atoms with Gasteiger partial charge in [-0.25, -0.2) is 0 Å². The molecule has 4 rings (SSSR count). The van der Waals surface area contributed by atoms with E-state index in [1.54, 1.807) is 30.3 Å². The van der Waals surface area contributed by atoms with Crippen molar-refractivity contribution >= 4 is 29.6 Å². The third-order valence-corrected chi connectivity index (χ3v) is 6.40.